The van der Waals surface area contributed by atoms with E-state index in [2.05, 4.69) is 0 Å². The van der Waals surface area contributed by atoms with E-state index in [9.17, 15) is 5.11 Å². The third-order valence-electron chi connectivity index (χ3n) is 2.84. The number of benzene rings is 1. The van der Waals surface area contributed by atoms with Gasteiger partial charge in [-0.3, -0.25) is 0 Å². The van der Waals surface area contributed by atoms with E-state index < -0.39 is 5.60 Å². The highest BCUT2D eigenvalue weighted by atomic mass is 16.5. The highest BCUT2D eigenvalue weighted by Gasteiger charge is 2.44. The van der Waals surface area contributed by atoms with Gasteiger partial charge in [-0.1, -0.05) is 30.3 Å². The summed E-state index contributed by atoms with van der Waals surface area (Å²) in [5, 5.41) is 10.2. The third-order valence-corrected chi connectivity index (χ3v) is 2.84. The van der Waals surface area contributed by atoms with E-state index in [-0.39, 0.29) is 6.10 Å². The van der Waals surface area contributed by atoms with Gasteiger partial charge in [0.15, 0.2) is 0 Å². The van der Waals surface area contributed by atoms with Crippen molar-refractivity contribution in [1.29, 1.82) is 0 Å². The Morgan fingerprint density at radius 2 is 2.00 bits per heavy atom. The van der Waals surface area contributed by atoms with Crippen molar-refractivity contribution in [2.75, 3.05) is 6.61 Å². The van der Waals surface area contributed by atoms with Crippen molar-refractivity contribution in [3.63, 3.8) is 0 Å². The first-order valence-corrected chi connectivity index (χ1v) is 5.14. The molecule has 1 saturated carbocycles. The summed E-state index contributed by atoms with van der Waals surface area (Å²) in [4.78, 5) is 0. The lowest BCUT2D eigenvalue weighted by atomic mass is 9.73. The Balaban J connectivity index is 2.01. The van der Waals surface area contributed by atoms with Crippen molar-refractivity contribution >= 4 is 0 Å². The van der Waals surface area contributed by atoms with Crippen LogP contribution in [0.4, 0.5) is 0 Å². The molecule has 76 valence electrons. The Morgan fingerprint density at radius 3 is 2.57 bits per heavy atom. The fraction of sp³-hybridized carbons (Fsp3) is 0.500. The van der Waals surface area contributed by atoms with Crippen LogP contribution in [0.2, 0.25) is 0 Å². The van der Waals surface area contributed by atoms with Crippen LogP contribution in [0.5, 0.6) is 0 Å². The van der Waals surface area contributed by atoms with Crippen LogP contribution in [0, 0.1) is 0 Å². The molecule has 0 saturated heterocycles. The minimum Gasteiger partial charge on any atom is -0.385 e. The second-order valence-corrected chi connectivity index (χ2v) is 3.88. The number of ether oxygens (including phenoxy) is 1. The molecule has 1 aromatic rings. The first-order valence-electron chi connectivity index (χ1n) is 5.14. The molecule has 2 heteroatoms. The molecule has 0 atom stereocenters. The minimum atomic E-state index is -0.638. The minimum absolute atomic E-state index is 0.241. The maximum atomic E-state index is 10.2. The van der Waals surface area contributed by atoms with Crippen molar-refractivity contribution in [2.45, 2.75) is 31.5 Å². The molecule has 14 heavy (non-hydrogen) atoms. The fourth-order valence-electron chi connectivity index (χ4n) is 2.03. The topological polar surface area (TPSA) is 29.5 Å². The summed E-state index contributed by atoms with van der Waals surface area (Å²) < 4.78 is 5.43. The zero-order valence-electron chi connectivity index (χ0n) is 8.44. The van der Waals surface area contributed by atoms with Gasteiger partial charge in [0.1, 0.15) is 0 Å². The first-order chi connectivity index (χ1) is 6.74. The van der Waals surface area contributed by atoms with Crippen molar-refractivity contribution < 1.29 is 9.84 Å². The van der Waals surface area contributed by atoms with E-state index in [1.54, 1.807) is 0 Å². The molecule has 1 aliphatic carbocycles. The van der Waals surface area contributed by atoms with Gasteiger partial charge >= 0.3 is 0 Å². The second-order valence-electron chi connectivity index (χ2n) is 3.88. The number of rotatable bonds is 3. The maximum absolute atomic E-state index is 10.2. The predicted octanol–water partition coefficient (Wildman–Crippen LogP) is 2.07. The smallest absolute Gasteiger partial charge is 0.0945 e. The molecule has 1 aliphatic rings. The van der Waals surface area contributed by atoms with E-state index in [1.165, 1.54) is 0 Å². The maximum Gasteiger partial charge on any atom is 0.0945 e. The number of aliphatic hydroxyl groups is 1. The second kappa shape index (κ2) is 3.71. The lowest BCUT2D eigenvalue weighted by Gasteiger charge is -2.43. The quantitative estimate of drug-likeness (QED) is 0.794. The van der Waals surface area contributed by atoms with Gasteiger partial charge in [-0.15, -0.1) is 0 Å². The van der Waals surface area contributed by atoms with Gasteiger partial charge in [-0.25, -0.2) is 0 Å². The van der Waals surface area contributed by atoms with Crippen molar-refractivity contribution in [3.05, 3.63) is 35.9 Å². The summed E-state index contributed by atoms with van der Waals surface area (Å²) in [6, 6.07) is 9.83. The third kappa shape index (κ3) is 1.68. The summed E-state index contributed by atoms with van der Waals surface area (Å²) in [7, 11) is 0. The lowest BCUT2D eigenvalue weighted by molar-refractivity contribution is -0.142. The van der Waals surface area contributed by atoms with Gasteiger partial charge in [0.05, 0.1) is 11.7 Å². The van der Waals surface area contributed by atoms with Crippen LogP contribution < -0.4 is 0 Å². The summed E-state index contributed by atoms with van der Waals surface area (Å²) in [5.74, 6) is 0. The largest absolute Gasteiger partial charge is 0.385 e. The van der Waals surface area contributed by atoms with Gasteiger partial charge < -0.3 is 9.84 Å². The van der Waals surface area contributed by atoms with E-state index in [0.717, 1.165) is 25.0 Å². The zero-order chi connectivity index (χ0) is 10.0. The van der Waals surface area contributed by atoms with Crippen LogP contribution in [0.25, 0.3) is 0 Å². The monoisotopic (exact) mass is 192 g/mol. The molecular weight excluding hydrogens is 176 g/mol. The summed E-state index contributed by atoms with van der Waals surface area (Å²) >= 11 is 0. The van der Waals surface area contributed by atoms with Crippen molar-refractivity contribution in [1.82, 2.24) is 0 Å². The first kappa shape index (κ1) is 9.69. The van der Waals surface area contributed by atoms with Gasteiger partial charge in [0.2, 0.25) is 0 Å². The van der Waals surface area contributed by atoms with E-state index >= 15 is 0 Å². The van der Waals surface area contributed by atoms with Gasteiger partial charge in [0, 0.05) is 19.4 Å². The fourth-order valence-corrected chi connectivity index (χ4v) is 2.03. The van der Waals surface area contributed by atoms with Crippen molar-refractivity contribution in [2.24, 2.45) is 0 Å². The number of hydrogen-bond acceptors (Lipinski definition) is 2. The van der Waals surface area contributed by atoms with Crippen molar-refractivity contribution in [3.8, 4) is 0 Å². The van der Waals surface area contributed by atoms with E-state index in [1.807, 2.05) is 37.3 Å². The Hall–Kier alpha value is -0.860. The molecule has 1 fully saturated rings. The van der Waals surface area contributed by atoms with Crippen LogP contribution in [0.1, 0.15) is 25.3 Å². The molecule has 0 amide bonds. The van der Waals surface area contributed by atoms with Gasteiger partial charge in [-0.05, 0) is 12.5 Å². The van der Waals surface area contributed by atoms with E-state index in [4.69, 9.17) is 4.74 Å². The SMILES string of the molecule is CCOC1CC(O)(c2ccccc2)C1. The van der Waals surface area contributed by atoms with Gasteiger partial charge in [0.25, 0.3) is 0 Å². The molecule has 0 aromatic heterocycles. The Kier molecular flexibility index (Phi) is 2.57. The van der Waals surface area contributed by atoms with Crippen LogP contribution in [-0.2, 0) is 10.3 Å². The molecule has 0 radical (unpaired) electrons. The van der Waals surface area contributed by atoms with Gasteiger partial charge in [-0.2, -0.15) is 0 Å². The average Bonchev–Trinajstić information content (AvgIpc) is 2.17. The average molecular weight is 192 g/mol. The molecule has 0 spiro atoms. The lowest BCUT2D eigenvalue weighted by Crippen LogP contribution is -2.45. The Labute approximate surface area is 84.5 Å². The summed E-state index contributed by atoms with van der Waals surface area (Å²) in [5.41, 5.74) is 0.372. The molecule has 0 heterocycles. The molecular formula is C12H16O2. The normalized spacial score (nSPS) is 31.1. The summed E-state index contributed by atoms with van der Waals surface area (Å²) in [6.07, 6.45) is 1.70. The molecule has 1 aromatic carbocycles. The van der Waals surface area contributed by atoms with E-state index in [0.29, 0.717) is 0 Å². The molecule has 2 nitrogen and oxygen atoms in total. The predicted molar refractivity (Wildman–Crippen MR) is 55.0 cm³/mol. The van der Waals surface area contributed by atoms with Crippen LogP contribution in [-0.4, -0.2) is 17.8 Å². The molecule has 2 rings (SSSR count). The van der Waals surface area contributed by atoms with Crippen LogP contribution >= 0.6 is 0 Å². The summed E-state index contributed by atoms with van der Waals surface area (Å²) in [6.45, 7) is 2.72. The Bertz CT molecular complexity index is 288. The zero-order valence-corrected chi connectivity index (χ0v) is 8.44. The van der Waals surface area contributed by atoms with Crippen LogP contribution in [0.15, 0.2) is 30.3 Å². The van der Waals surface area contributed by atoms with Crippen LogP contribution in [0.3, 0.4) is 0 Å². The highest BCUT2D eigenvalue weighted by Crippen LogP contribution is 2.42. The molecule has 1 N–H and O–H groups in total. The molecule has 0 unspecified atom stereocenters. The number of hydrogen-bond donors (Lipinski definition) is 1. The Morgan fingerprint density at radius 1 is 1.36 bits per heavy atom. The molecule has 0 aliphatic heterocycles. The standard InChI is InChI=1S/C12H16O2/c1-2-14-11-8-12(13,9-11)10-6-4-3-5-7-10/h3-7,11,13H,2,8-9H2,1H3. The highest BCUT2D eigenvalue weighted by molar-refractivity contribution is 5.25. The molecule has 0 bridgehead atoms.